The molecule has 33 heavy (non-hydrogen) atoms. The number of amides is 1. The molecule has 9 heteroatoms. The van der Waals surface area contributed by atoms with E-state index in [-0.39, 0.29) is 17.4 Å². The molecule has 1 aliphatic rings. The molecule has 0 radical (unpaired) electrons. The number of hydrogen-bond acceptors (Lipinski definition) is 6. The number of hydrogen-bond donors (Lipinski definition) is 2. The number of nitrogens with one attached hydrogen (secondary N) is 2. The average Bonchev–Trinajstić information content (AvgIpc) is 3.29. The highest BCUT2D eigenvalue weighted by atomic mass is 16.5. The molecule has 1 unspecified atom stereocenters. The van der Waals surface area contributed by atoms with Crippen molar-refractivity contribution in [1.82, 2.24) is 24.6 Å². The Morgan fingerprint density at radius 2 is 1.76 bits per heavy atom. The van der Waals surface area contributed by atoms with Crippen LogP contribution >= 0.6 is 0 Å². The van der Waals surface area contributed by atoms with Gasteiger partial charge in [-0.25, -0.2) is 4.68 Å². The van der Waals surface area contributed by atoms with Gasteiger partial charge in [-0.3, -0.25) is 14.6 Å². The highest BCUT2D eigenvalue weighted by Gasteiger charge is 2.27. The van der Waals surface area contributed by atoms with Crippen LogP contribution in [0.3, 0.4) is 0 Å². The molecule has 1 atom stereocenters. The van der Waals surface area contributed by atoms with Crippen LogP contribution in [-0.4, -0.2) is 62.9 Å². The Kier molecular flexibility index (Phi) is 5.86. The molecule has 0 spiro atoms. The van der Waals surface area contributed by atoms with Crippen molar-refractivity contribution in [3.8, 4) is 5.69 Å². The number of benzene rings is 2. The summed E-state index contributed by atoms with van der Waals surface area (Å²) in [5, 5.41) is 7.90. The maximum atomic E-state index is 13.4. The molecule has 1 fully saturated rings. The summed E-state index contributed by atoms with van der Waals surface area (Å²) in [5.41, 5.74) is 1.91. The van der Waals surface area contributed by atoms with Crippen LogP contribution in [0, 0.1) is 0 Å². The molecule has 2 aromatic carbocycles. The molecule has 1 saturated heterocycles. The minimum absolute atomic E-state index is 0.0542. The maximum Gasteiger partial charge on any atom is 0.263 e. The molecule has 0 bridgehead atoms. The van der Waals surface area contributed by atoms with E-state index in [9.17, 15) is 9.59 Å². The van der Waals surface area contributed by atoms with Gasteiger partial charge in [0.25, 0.3) is 5.56 Å². The molecular formula is C24H24N6O3. The molecule has 4 aromatic rings. The first-order chi connectivity index (χ1) is 16.2. The number of nitrogens with zero attached hydrogens (tertiary/aromatic N) is 4. The maximum absolute atomic E-state index is 13.4. The molecule has 3 heterocycles. The van der Waals surface area contributed by atoms with Gasteiger partial charge in [0.2, 0.25) is 11.9 Å². The van der Waals surface area contributed by atoms with Gasteiger partial charge >= 0.3 is 0 Å². The number of ether oxygens (including phenoxy) is 1. The van der Waals surface area contributed by atoms with E-state index in [1.807, 2.05) is 60.7 Å². The lowest BCUT2D eigenvalue weighted by Gasteiger charge is -2.31. The lowest BCUT2D eigenvalue weighted by atomic mass is 10.0. The van der Waals surface area contributed by atoms with Crippen molar-refractivity contribution < 1.29 is 9.53 Å². The molecule has 1 aliphatic heterocycles. The zero-order chi connectivity index (χ0) is 22.6. The third kappa shape index (κ3) is 4.49. The van der Waals surface area contributed by atoms with Crippen molar-refractivity contribution in [2.75, 3.05) is 31.6 Å². The number of anilines is 1. The normalized spacial score (nSPS) is 14.8. The first kappa shape index (κ1) is 20.9. The summed E-state index contributed by atoms with van der Waals surface area (Å²) in [6.45, 7) is 2.10. The van der Waals surface area contributed by atoms with Gasteiger partial charge in [-0.05, 0) is 17.7 Å². The number of carbonyl (C=O) groups is 1. The van der Waals surface area contributed by atoms with Crippen molar-refractivity contribution in [2.24, 2.45) is 0 Å². The Bertz CT molecular complexity index is 1300. The molecule has 5 rings (SSSR count). The largest absolute Gasteiger partial charge is 0.378 e. The summed E-state index contributed by atoms with van der Waals surface area (Å²) >= 11 is 0. The topological polar surface area (TPSA) is 105 Å². The standard InChI is InChI=1S/C24H24N6O3/c31-22-19-16-25-30(18-9-5-2-6-10-18)21(19)27-24(28-22)26-20(15-17-7-3-1-4-8-17)23(32)29-11-13-33-14-12-29/h1-10,16,20H,11-15H2,(H2,26,27,28,31). The second-order valence-corrected chi connectivity index (χ2v) is 7.87. The van der Waals surface area contributed by atoms with E-state index in [2.05, 4.69) is 20.4 Å². The summed E-state index contributed by atoms with van der Waals surface area (Å²) in [4.78, 5) is 35.3. The Balaban J connectivity index is 1.49. The minimum Gasteiger partial charge on any atom is -0.378 e. The molecular weight excluding hydrogens is 420 g/mol. The summed E-state index contributed by atoms with van der Waals surface area (Å²) in [6, 6.07) is 18.7. The predicted octanol–water partition coefficient (Wildman–Crippen LogP) is 1.99. The van der Waals surface area contributed by atoms with Gasteiger partial charge in [-0.15, -0.1) is 0 Å². The highest BCUT2D eigenvalue weighted by Crippen LogP contribution is 2.16. The van der Waals surface area contributed by atoms with Crippen LogP contribution in [0.1, 0.15) is 5.56 Å². The van der Waals surface area contributed by atoms with Crippen molar-refractivity contribution in [3.05, 3.63) is 82.8 Å². The van der Waals surface area contributed by atoms with E-state index in [1.54, 1.807) is 9.58 Å². The van der Waals surface area contributed by atoms with Gasteiger partial charge in [0.15, 0.2) is 5.65 Å². The number of aromatic amines is 1. The molecule has 0 aliphatic carbocycles. The Labute approximate surface area is 190 Å². The first-order valence-corrected chi connectivity index (χ1v) is 10.9. The molecule has 1 amide bonds. The van der Waals surface area contributed by atoms with Crippen molar-refractivity contribution in [2.45, 2.75) is 12.5 Å². The SMILES string of the molecule is O=C(C(Cc1ccccc1)Nc1nc2c(cnn2-c2ccccc2)c(=O)[nH]1)N1CCOCC1. The minimum atomic E-state index is -0.598. The summed E-state index contributed by atoms with van der Waals surface area (Å²) < 4.78 is 7.01. The van der Waals surface area contributed by atoms with E-state index >= 15 is 0 Å². The number of H-pyrrole nitrogens is 1. The summed E-state index contributed by atoms with van der Waals surface area (Å²) in [7, 11) is 0. The zero-order valence-electron chi connectivity index (χ0n) is 18.0. The number of fused-ring (bicyclic) bond motifs is 1. The third-order valence-corrected chi connectivity index (χ3v) is 5.65. The summed E-state index contributed by atoms with van der Waals surface area (Å²) in [5.74, 6) is 0.175. The van der Waals surface area contributed by atoms with Crippen LogP contribution in [0.2, 0.25) is 0 Å². The lowest BCUT2D eigenvalue weighted by Crippen LogP contribution is -2.49. The molecule has 2 N–H and O–H groups in total. The second kappa shape index (κ2) is 9.25. The van der Waals surface area contributed by atoms with E-state index in [4.69, 9.17) is 4.74 Å². The van der Waals surface area contributed by atoms with Crippen LogP contribution in [-0.2, 0) is 16.0 Å². The van der Waals surface area contributed by atoms with Crippen LogP contribution < -0.4 is 10.9 Å². The van der Waals surface area contributed by atoms with Crippen LogP contribution in [0.5, 0.6) is 0 Å². The highest BCUT2D eigenvalue weighted by molar-refractivity contribution is 5.85. The Hall–Kier alpha value is -3.98. The summed E-state index contributed by atoms with van der Waals surface area (Å²) in [6.07, 6.45) is 1.95. The predicted molar refractivity (Wildman–Crippen MR) is 124 cm³/mol. The first-order valence-electron chi connectivity index (χ1n) is 10.9. The Morgan fingerprint density at radius 3 is 2.48 bits per heavy atom. The van der Waals surface area contributed by atoms with Gasteiger partial charge in [0.1, 0.15) is 11.4 Å². The van der Waals surface area contributed by atoms with Crippen molar-refractivity contribution >= 4 is 22.9 Å². The van der Waals surface area contributed by atoms with E-state index in [0.717, 1.165) is 11.3 Å². The Morgan fingerprint density at radius 1 is 1.06 bits per heavy atom. The quantitative estimate of drug-likeness (QED) is 0.471. The van der Waals surface area contributed by atoms with Crippen LogP contribution in [0.4, 0.5) is 5.95 Å². The van der Waals surface area contributed by atoms with E-state index in [1.165, 1.54) is 6.20 Å². The average molecular weight is 444 g/mol. The van der Waals surface area contributed by atoms with Gasteiger partial charge in [0, 0.05) is 19.5 Å². The number of aromatic nitrogens is 4. The van der Waals surface area contributed by atoms with Crippen LogP contribution in [0.15, 0.2) is 71.7 Å². The zero-order valence-corrected chi connectivity index (χ0v) is 18.0. The fourth-order valence-corrected chi connectivity index (χ4v) is 3.96. The van der Waals surface area contributed by atoms with Gasteiger partial charge in [0.05, 0.1) is 25.1 Å². The van der Waals surface area contributed by atoms with E-state index in [0.29, 0.717) is 43.8 Å². The molecule has 0 saturated carbocycles. The number of para-hydroxylation sites is 1. The van der Waals surface area contributed by atoms with Crippen molar-refractivity contribution in [3.63, 3.8) is 0 Å². The van der Waals surface area contributed by atoms with Crippen LogP contribution in [0.25, 0.3) is 16.7 Å². The number of morpholine rings is 1. The fourth-order valence-electron chi connectivity index (χ4n) is 3.96. The second-order valence-electron chi connectivity index (χ2n) is 7.87. The third-order valence-electron chi connectivity index (χ3n) is 5.65. The van der Waals surface area contributed by atoms with Gasteiger partial charge in [-0.2, -0.15) is 10.1 Å². The molecule has 9 nitrogen and oxygen atoms in total. The van der Waals surface area contributed by atoms with E-state index < -0.39 is 6.04 Å². The lowest BCUT2D eigenvalue weighted by molar-refractivity contribution is -0.136. The smallest absolute Gasteiger partial charge is 0.263 e. The number of carbonyl (C=O) groups excluding carboxylic acids is 1. The molecule has 2 aromatic heterocycles. The van der Waals surface area contributed by atoms with Gasteiger partial charge < -0.3 is 15.0 Å². The van der Waals surface area contributed by atoms with Gasteiger partial charge in [-0.1, -0.05) is 48.5 Å². The molecule has 168 valence electrons. The fraction of sp³-hybridized carbons (Fsp3) is 0.250. The number of rotatable bonds is 6. The monoisotopic (exact) mass is 444 g/mol. The van der Waals surface area contributed by atoms with Crippen molar-refractivity contribution in [1.29, 1.82) is 0 Å².